The zero-order valence-corrected chi connectivity index (χ0v) is 11.1. The molecule has 1 heterocycles. The molecule has 1 aromatic heterocycles. The van der Waals surface area contributed by atoms with Crippen LogP contribution in [0.15, 0.2) is 22.7 Å². The predicted molar refractivity (Wildman–Crippen MR) is 64.9 cm³/mol. The molecule has 2 aromatic rings. The maximum atomic E-state index is 13.2. The van der Waals surface area contributed by atoms with Crippen molar-refractivity contribution in [1.29, 1.82) is 0 Å². The first kappa shape index (κ1) is 15.4. The van der Waals surface area contributed by atoms with Gasteiger partial charge in [-0.3, -0.25) is 0 Å². The van der Waals surface area contributed by atoms with E-state index in [4.69, 9.17) is 4.52 Å². The van der Waals surface area contributed by atoms with E-state index >= 15 is 0 Å². The Balaban J connectivity index is 2.32. The number of benzene rings is 1. The SMILES string of the molecule is Cc1ccc(F)cc1-c1noc(C(C)C(O)C(F)(F)F)n1. The molecule has 1 aromatic carbocycles. The third-order valence-electron chi connectivity index (χ3n) is 3.08. The van der Waals surface area contributed by atoms with Crippen LogP contribution in [0.25, 0.3) is 11.4 Å². The number of hydrogen-bond donors (Lipinski definition) is 1. The molecule has 0 amide bonds. The first-order valence-electron chi connectivity index (χ1n) is 6.05. The summed E-state index contributed by atoms with van der Waals surface area (Å²) in [5, 5.41) is 12.7. The van der Waals surface area contributed by atoms with Gasteiger partial charge in [0.15, 0.2) is 6.10 Å². The lowest BCUT2D eigenvalue weighted by Crippen LogP contribution is -2.33. The molecule has 2 atom stereocenters. The Labute approximate surface area is 117 Å². The molecule has 4 nitrogen and oxygen atoms in total. The lowest BCUT2D eigenvalue weighted by Gasteiger charge is -2.17. The molecule has 2 rings (SSSR count). The smallest absolute Gasteiger partial charge is 0.383 e. The monoisotopic (exact) mass is 304 g/mol. The van der Waals surface area contributed by atoms with E-state index < -0.39 is 24.0 Å². The number of aromatic nitrogens is 2. The van der Waals surface area contributed by atoms with Crippen molar-refractivity contribution in [1.82, 2.24) is 10.1 Å². The third kappa shape index (κ3) is 3.21. The van der Waals surface area contributed by atoms with Gasteiger partial charge in [-0.1, -0.05) is 18.1 Å². The summed E-state index contributed by atoms with van der Waals surface area (Å²) in [6, 6.07) is 3.90. The molecule has 0 fully saturated rings. The van der Waals surface area contributed by atoms with Gasteiger partial charge in [0.1, 0.15) is 5.82 Å². The molecule has 21 heavy (non-hydrogen) atoms. The summed E-state index contributed by atoms with van der Waals surface area (Å²) in [4.78, 5) is 3.81. The van der Waals surface area contributed by atoms with Gasteiger partial charge in [-0.2, -0.15) is 18.2 Å². The Hall–Kier alpha value is -1.96. The number of aliphatic hydroxyl groups excluding tert-OH is 1. The summed E-state index contributed by atoms with van der Waals surface area (Å²) >= 11 is 0. The summed E-state index contributed by atoms with van der Waals surface area (Å²) in [5.41, 5.74) is 0.964. The van der Waals surface area contributed by atoms with Gasteiger partial charge >= 0.3 is 6.18 Å². The van der Waals surface area contributed by atoms with Crippen LogP contribution in [0.5, 0.6) is 0 Å². The molecule has 1 N–H and O–H groups in total. The second-order valence-electron chi connectivity index (χ2n) is 4.69. The molecule has 0 aliphatic carbocycles. The van der Waals surface area contributed by atoms with E-state index in [0.29, 0.717) is 11.1 Å². The maximum absolute atomic E-state index is 13.2. The Morgan fingerprint density at radius 3 is 2.57 bits per heavy atom. The number of hydrogen-bond acceptors (Lipinski definition) is 4. The second-order valence-corrected chi connectivity index (χ2v) is 4.69. The minimum absolute atomic E-state index is 0.0248. The third-order valence-corrected chi connectivity index (χ3v) is 3.08. The highest BCUT2D eigenvalue weighted by molar-refractivity contribution is 5.59. The molecular weight excluding hydrogens is 292 g/mol. The van der Waals surface area contributed by atoms with Crippen molar-refractivity contribution in [3.8, 4) is 11.4 Å². The van der Waals surface area contributed by atoms with Gasteiger partial charge < -0.3 is 9.63 Å². The van der Waals surface area contributed by atoms with Crippen LogP contribution in [0.3, 0.4) is 0 Å². The lowest BCUT2D eigenvalue weighted by atomic mass is 10.0. The van der Waals surface area contributed by atoms with Crippen molar-refractivity contribution in [3.05, 3.63) is 35.5 Å². The lowest BCUT2D eigenvalue weighted by molar-refractivity contribution is -0.210. The van der Waals surface area contributed by atoms with E-state index in [1.165, 1.54) is 12.1 Å². The van der Waals surface area contributed by atoms with Crippen molar-refractivity contribution in [2.75, 3.05) is 0 Å². The number of nitrogens with zero attached hydrogens (tertiary/aromatic N) is 2. The topological polar surface area (TPSA) is 59.2 Å². The van der Waals surface area contributed by atoms with Gasteiger partial charge in [0.25, 0.3) is 0 Å². The molecule has 0 saturated carbocycles. The molecule has 114 valence electrons. The van der Waals surface area contributed by atoms with Crippen LogP contribution in [-0.2, 0) is 0 Å². The number of aliphatic hydroxyl groups is 1. The average Bonchev–Trinajstić information content (AvgIpc) is 2.88. The van der Waals surface area contributed by atoms with Crippen LogP contribution in [0, 0.1) is 12.7 Å². The zero-order valence-electron chi connectivity index (χ0n) is 11.1. The molecule has 0 bridgehead atoms. The van der Waals surface area contributed by atoms with Gasteiger partial charge in [0.2, 0.25) is 11.7 Å². The number of halogens is 4. The normalized spacial score (nSPS) is 15.0. The highest BCUT2D eigenvalue weighted by Gasteiger charge is 2.44. The van der Waals surface area contributed by atoms with Gasteiger partial charge in [-0.05, 0) is 24.6 Å². The van der Waals surface area contributed by atoms with Crippen molar-refractivity contribution >= 4 is 0 Å². The summed E-state index contributed by atoms with van der Waals surface area (Å²) in [7, 11) is 0. The summed E-state index contributed by atoms with van der Waals surface area (Å²) in [6.07, 6.45) is -7.40. The van der Waals surface area contributed by atoms with Crippen molar-refractivity contribution in [3.63, 3.8) is 0 Å². The summed E-state index contributed by atoms with van der Waals surface area (Å²) < 4.78 is 55.3. The molecule has 0 saturated heterocycles. The molecule has 0 aliphatic heterocycles. The maximum Gasteiger partial charge on any atom is 0.415 e. The minimum atomic E-state index is -4.79. The Kier molecular flexibility index (Phi) is 3.99. The van der Waals surface area contributed by atoms with Gasteiger partial charge in [-0.25, -0.2) is 4.39 Å². The largest absolute Gasteiger partial charge is 0.415 e. The summed E-state index contributed by atoms with van der Waals surface area (Å²) in [5.74, 6) is -2.33. The first-order chi connectivity index (χ1) is 9.70. The van der Waals surface area contributed by atoms with Gasteiger partial charge in [-0.15, -0.1) is 0 Å². The van der Waals surface area contributed by atoms with E-state index in [1.807, 2.05) is 0 Å². The van der Waals surface area contributed by atoms with Gasteiger partial charge in [0, 0.05) is 5.56 Å². The zero-order chi connectivity index (χ0) is 15.8. The minimum Gasteiger partial charge on any atom is -0.383 e. The molecular formula is C13H12F4N2O2. The number of rotatable bonds is 3. The van der Waals surface area contributed by atoms with Crippen LogP contribution in [-0.4, -0.2) is 27.5 Å². The number of aryl methyl sites for hydroxylation is 1. The quantitative estimate of drug-likeness (QED) is 0.885. The van der Waals surface area contributed by atoms with Crippen LogP contribution in [0.2, 0.25) is 0 Å². The van der Waals surface area contributed by atoms with Gasteiger partial charge in [0.05, 0.1) is 5.92 Å². The van der Waals surface area contributed by atoms with Crippen molar-refractivity contribution in [2.24, 2.45) is 0 Å². The number of alkyl halides is 3. The van der Waals surface area contributed by atoms with E-state index in [0.717, 1.165) is 13.0 Å². The van der Waals surface area contributed by atoms with E-state index in [9.17, 15) is 22.7 Å². The van der Waals surface area contributed by atoms with Crippen molar-refractivity contribution < 1.29 is 27.2 Å². The second kappa shape index (κ2) is 5.44. The fourth-order valence-corrected chi connectivity index (χ4v) is 1.78. The van der Waals surface area contributed by atoms with Crippen LogP contribution >= 0.6 is 0 Å². The fourth-order valence-electron chi connectivity index (χ4n) is 1.78. The average molecular weight is 304 g/mol. The fraction of sp³-hybridized carbons (Fsp3) is 0.385. The highest BCUT2D eigenvalue weighted by Crippen LogP contribution is 2.32. The molecule has 2 unspecified atom stereocenters. The molecule has 0 spiro atoms. The summed E-state index contributed by atoms with van der Waals surface area (Å²) in [6.45, 7) is 2.80. The predicted octanol–water partition coefficient (Wildman–Crippen LogP) is 3.21. The molecule has 8 heteroatoms. The Bertz CT molecular complexity index is 639. The van der Waals surface area contributed by atoms with Crippen molar-refractivity contribution in [2.45, 2.75) is 32.0 Å². The van der Waals surface area contributed by atoms with Crippen LogP contribution < -0.4 is 0 Å². The standard InChI is InChI=1S/C13H12F4N2O2/c1-6-3-4-8(14)5-9(6)11-18-12(21-19-11)7(2)10(20)13(15,16)17/h3-5,7,10,20H,1-2H3. The van der Waals surface area contributed by atoms with E-state index in [1.54, 1.807) is 6.92 Å². The van der Waals surface area contributed by atoms with Crippen LogP contribution in [0.1, 0.15) is 24.3 Å². The Morgan fingerprint density at radius 2 is 1.95 bits per heavy atom. The first-order valence-corrected chi connectivity index (χ1v) is 6.05. The van der Waals surface area contributed by atoms with Crippen LogP contribution in [0.4, 0.5) is 17.6 Å². The molecule has 0 aliphatic rings. The van der Waals surface area contributed by atoms with E-state index in [-0.39, 0.29) is 11.7 Å². The highest BCUT2D eigenvalue weighted by atomic mass is 19.4. The van der Waals surface area contributed by atoms with E-state index in [2.05, 4.69) is 10.1 Å². The Morgan fingerprint density at radius 1 is 1.29 bits per heavy atom. The molecule has 0 radical (unpaired) electrons.